The van der Waals surface area contributed by atoms with Crippen molar-refractivity contribution in [2.45, 2.75) is 38.8 Å². The summed E-state index contributed by atoms with van der Waals surface area (Å²) in [6, 6.07) is 16.7. The fraction of sp³-hybridized carbons (Fsp3) is 0.381. The van der Waals surface area contributed by atoms with Gasteiger partial charge in [-0.15, -0.1) is 11.8 Å². The molecule has 134 valence electrons. The smallest absolute Gasteiger partial charge is 0.230 e. The number of aryl methyl sites for hydroxylation is 1. The summed E-state index contributed by atoms with van der Waals surface area (Å²) in [5.74, 6) is 0.530. The van der Waals surface area contributed by atoms with Crippen molar-refractivity contribution in [3.8, 4) is 0 Å². The molecule has 25 heavy (non-hydrogen) atoms. The molecule has 3 nitrogen and oxygen atoms in total. The van der Waals surface area contributed by atoms with E-state index in [0.29, 0.717) is 12.3 Å². The Labute approximate surface area is 155 Å². The van der Waals surface area contributed by atoms with E-state index in [1.165, 1.54) is 16.7 Å². The number of benzene rings is 2. The molecule has 2 aromatic rings. The molecule has 0 atom stereocenters. The van der Waals surface area contributed by atoms with Crippen LogP contribution in [-0.2, 0) is 17.9 Å². The first-order valence-corrected chi connectivity index (χ1v) is 9.97. The Morgan fingerprint density at radius 3 is 2.28 bits per heavy atom. The molecule has 0 aliphatic carbocycles. The predicted molar refractivity (Wildman–Crippen MR) is 106 cm³/mol. The Bertz CT molecular complexity index is 666. The van der Waals surface area contributed by atoms with Crippen LogP contribution in [0.15, 0.2) is 53.4 Å². The third kappa shape index (κ3) is 6.56. The quantitative estimate of drug-likeness (QED) is 0.677. The summed E-state index contributed by atoms with van der Waals surface area (Å²) < 4.78 is 0. The van der Waals surface area contributed by atoms with E-state index in [4.69, 9.17) is 0 Å². The molecular formula is C21H29N2OS+. The first-order chi connectivity index (χ1) is 12.1. The summed E-state index contributed by atoms with van der Waals surface area (Å²) in [5.41, 5.74) is 3.78. The summed E-state index contributed by atoms with van der Waals surface area (Å²) in [4.78, 5) is 14.8. The maximum atomic E-state index is 12.2. The third-order valence-electron chi connectivity index (χ3n) is 4.43. The van der Waals surface area contributed by atoms with Crippen molar-refractivity contribution < 1.29 is 9.69 Å². The number of quaternary nitrogens is 1. The number of amides is 1. The number of hydrogen-bond donors (Lipinski definition) is 2. The molecule has 0 radical (unpaired) electrons. The highest BCUT2D eigenvalue weighted by molar-refractivity contribution is 8.00. The van der Waals surface area contributed by atoms with Crippen molar-refractivity contribution in [2.24, 2.45) is 0 Å². The van der Waals surface area contributed by atoms with Crippen LogP contribution in [0.5, 0.6) is 0 Å². The molecule has 2 aromatic carbocycles. The average Bonchev–Trinajstić information content (AvgIpc) is 2.64. The molecule has 1 amide bonds. The second-order valence-corrected chi connectivity index (χ2v) is 7.33. The van der Waals surface area contributed by atoms with Crippen LogP contribution in [0.25, 0.3) is 0 Å². The summed E-state index contributed by atoms with van der Waals surface area (Å²) in [5, 5.41) is 3.06. The SMILES string of the molecule is CC[NH+](CC)Cc1ccccc1CNC(=O)CSc1ccc(C)cc1. The zero-order chi connectivity index (χ0) is 18.1. The van der Waals surface area contributed by atoms with Gasteiger partial charge in [-0.3, -0.25) is 4.79 Å². The largest absolute Gasteiger partial charge is 0.351 e. The van der Waals surface area contributed by atoms with Crippen molar-refractivity contribution in [1.29, 1.82) is 0 Å². The standard InChI is InChI=1S/C21H28N2OS/c1-4-23(5-2)15-19-9-7-6-8-18(19)14-22-21(24)16-25-20-12-10-17(3)11-13-20/h6-13H,4-5,14-16H2,1-3H3,(H,22,24)/p+1. The van der Waals surface area contributed by atoms with Crippen LogP contribution in [0.3, 0.4) is 0 Å². The molecule has 0 aliphatic rings. The molecule has 0 aromatic heterocycles. The Morgan fingerprint density at radius 2 is 1.64 bits per heavy atom. The van der Waals surface area contributed by atoms with Gasteiger partial charge >= 0.3 is 0 Å². The summed E-state index contributed by atoms with van der Waals surface area (Å²) >= 11 is 1.58. The fourth-order valence-electron chi connectivity index (χ4n) is 2.70. The van der Waals surface area contributed by atoms with Crippen molar-refractivity contribution >= 4 is 17.7 Å². The minimum Gasteiger partial charge on any atom is -0.351 e. The van der Waals surface area contributed by atoms with Crippen LogP contribution in [0, 0.1) is 6.92 Å². The first-order valence-electron chi connectivity index (χ1n) is 8.98. The van der Waals surface area contributed by atoms with E-state index in [9.17, 15) is 4.79 Å². The van der Waals surface area contributed by atoms with E-state index in [1.54, 1.807) is 16.7 Å². The summed E-state index contributed by atoms with van der Waals surface area (Å²) in [7, 11) is 0. The number of thioether (sulfide) groups is 1. The third-order valence-corrected chi connectivity index (χ3v) is 5.44. The number of carbonyl (C=O) groups excluding carboxylic acids is 1. The molecular weight excluding hydrogens is 328 g/mol. The van der Waals surface area contributed by atoms with Gasteiger partial charge in [0.15, 0.2) is 0 Å². The number of hydrogen-bond acceptors (Lipinski definition) is 2. The van der Waals surface area contributed by atoms with Gasteiger partial charge in [0.25, 0.3) is 0 Å². The monoisotopic (exact) mass is 357 g/mol. The minimum atomic E-state index is 0.0792. The lowest BCUT2D eigenvalue weighted by molar-refractivity contribution is -0.910. The van der Waals surface area contributed by atoms with Gasteiger partial charge in [0, 0.05) is 17.0 Å². The van der Waals surface area contributed by atoms with E-state index in [0.717, 1.165) is 24.5 Å². The van der Waals surface area contributed by atoms with E-state index in [2.05, 4.69) is 68.6 Å². The van der Waals surface area contributed by atoms with E-state index < -0.39 is 0 Å². The zero-order valence-corrected chi connectivity index (χ0v) is 16.3. The lowest BCUT2D eigenvalue weighted by Gasteiger charge is -2.18. The highest BCUT2D eigenvalue weighted by atomic mass is 32.2. The van der Waals surface area contributed by atoms with Gasteiger partial charge in [0.2, 0.25) is 5.91 Å². The van der Waals surface area contributed by atoms with Crippen LogP contribution in [-0.4, -0.2) is 24.7 Å². The molecule has 4 heteroatoms. The maximum Gasteiger partial charge on any atom is 0.230 e. The van der Waals surface area contributed by atoms with Gasteiger partial charge < -0.3 is 10.2 Å². The van der Waals surface area contributed by atoms with E-state index in [1.807, 2.05) is 6.07 Å². The van der Waals surface area contributed by atoms with Crippen molar-refractivity contribution in [3.05, 3.63) is 65.2 Å². The highest BCUT2D eigenvalue weighted by Gasteiger charge is 2.10. The Balaban J connectivity index is 1.85. The molecule has 0 spiro atoms. The predicted octanol–water partition coefficient (Wildman–Crippen LogP) is 2.83. The molecule has 0 bridgehead atoms. The van der Waals surface area contributed by atoms with Gasteiger partial charge in [-0.05, 0) is 38.5 Å². The van der Waals surface area contributed by atoms with Crippen molar-refractivity contribution in [3.63, 3.8) is 0 Å². The Hall–Kier alpha value is -1.78. The lowest BCUT2D eigenvalue weighted by Crippen LogP contribution is -3.10. The molecule has 2 rings (SSSR count). The maximum absolute atomic E-state index is 12.2. The molecule has 0 saturated carbocycles. The molecule has 0 unspecified atom stereocenters. The van der Waals surface area contributed by atoms with Crippen LogP contribution in [0.4, 0.5) is 0 Å². The van der Waals surface area contributed by atoms with Gasteiger partial charge in [0.1, 0.15) is 6.54 Å². The van der Waals surface area contributed by atoms with Gasteiger partial charge in [0.05, 0.1) is 18.8 Å². The normalized spacial score (nSPS) is 10.9. The van der Waals surface area contributed by atoms with E-state index >= 15 is 0 Å². The summed E-state index contributed by atoms with van der Waals surface area (Å²) in [6.07, 6.45) is 0. The van der Waals surface area contributed by atoms with Crippen LogP contribution in [0.2, 0.25) is 0 Å². The zero-order valence-electron chi connectivity index (χ0n) is 15.5. The Kier molecular flexibility index (Phi) is 8.02. The Morgan fingerprint density at radius 1 is 1.00 bits per heavy atom. The first kappa shape index (κ1) is 19.5. The molecule has 0 fully saturated rings. The topological polar surface area (TPSA) is 33.5 Å². The van der Waals surface area contributed by atoms with Crippen LogP contribution < -0.4 is 10.2 Å². The van der Waals surface area contributed by atoms with Gasteiger partial charge in [-0.1, -0.05) is 42.0 Å². The number of rotatable bonds is 9. The van der Waals surface area contributed by atoms with Crippen LogP contribution >= 0.6 is 11.8 Å². The molecule has 0 saturated heterocycles. The fourth-order valence-corrected chi connectivity index (χ4v) is 3.43. The number of carbonyl (C=O) groups is 1. The lowest BCUT2D eigenvalue weighted by atomic mass is 10.1. The van der Waals surface area contributed by atoms with Crippen LogP contribution in [0.1, 0.15) is 30.5 Å². The average molecular weight is 358 g/mol. The van der Waals surface area contributed by atoms with Gasteiger partial charge in [-0.25, -0.2) is 0 Å². The van der Waals surface area contributed by atoms with Gasteiger partial charge in [-0.2, -0.15) is 0 Å². The molecule has 2 N–H and O–H groups in total. The molecule has 0 heterocycles. The minimum absolute atomic E-state index is 0.0792. The highest BCUT2D eigenvalue weighted by Crippen LogP contribution is 2.18. The number of nitrogens with one attached hydrogen (secondary N) is 2. The summed E-state index contributed by atoms with van der Waals surface area (Å²) in [6.45, 7) is 10.3. The van der Waals surface area contributed by atoms with E-state index in [-0.39, 0.29) is 5.91 Å². The second kappa shape index (κ2) is 10.3. The second-order valence-electron chi connectivity index (χ2n) is 6.28. The van der Waals surface area contributed by atoms with Crippen molar-refractivity contribution in [2.75, 3.05) is 18.8 Å². The van der Waals surface area contributed by atoms with Crippen molar-refractivity contribution in [1.82, 2.24) is 5.32 Å². The molecule has 0 aliphatic heterocycles.